The zero-order valence-corrected chi connectivity index (χ0v) is 22.6. The Morgan fingerprint density at radius 2 is 1.78 bits per heavy atom. The summed E-state index contributed by atoms with van der Waals surface area (Å²) >= 11 is 0. The van der Waals surface area contributed by atoms with Crippen molar-refractivity contribution < 1.29 is 9.59 Å². The zero-order chi connectivity index (χ0) is 26.0. The Morgan fingerprint density at radius 3 is 2.41 bits per heavy atom. The molecule has 1 aliphatic heterocycles. The van der Waals surface area contributed by atoms with Gasteiger partial charge in [-0.25, -0.2) is 4.79 Å². The summed E-state index contributed by atoms with van der Waals surface area (Å²) in [6.07, 6.45) is 10.5. The van der Waals surface area contributed by atoms with Crippen LogP contribution >= 0.6 is 0 Å². The van der Waals surface area contributed by atoms with E-state index in [1.165, 1.54) is 37.7 Å². The number of hydrogen-bond acceptors (Lipinski definition) is 2. The molecule has 5 rings (SSSR count). The number of carbonyl (C=O) groups excluding carboxylic acids is 2. The van der Waals surface area contributed by atoms with Crippen LogP contribution in [0.2, 0.25) is 0 Å². The molecule has 2 saturated carbocycles. The van der Waals surface area contributed by atoms with Crippen molar-refractivity contribution in [3.63, 3.8) is 0 Å². The second-order valence-electron chi connectivity index (χ2n) is 12.2. The molecular weight excluding hydrogens is 458 g/mol. The second kappa shape index (κ2) is 10.5. The minimum atomic E-state index is -0.427. The summed E-state index contributed by atoms with van der Waals surface area (Å²) in [6, 6.07) is 18.7. The van der Waals surface area contributed by atoms with E-state index < -0.39 is 5.91 Å². The Morgan fingerprint density at radius 1 is 1.05 bits per heavy atom. The van der Waals surface area contributed by atoms with Crippen molar-refractivity contribution in [3.05, 3.63) is 71.3 Å². The number of rotatable bonds is 9. The lowest BCUT2D eigenvalue weighted by Crippen LogP contribution is -2.54. The number of hydrogen-bond donors (Lipinski definition) is 1. The molecule has 5 heteroatoms. The standard InChI is InChI=1S/C32H43N3O2/c1-3-24(2)20-31(28-13-5-4-6-14-28)15-17-32(18-16-31)23-34(30(37)35(32)22-25-9-7-10-25)21-26-11-8-12-27(19-26)29(33)36/h4-6,8,11-14,19,24-25H,3,7,9-10,15-18,20-23H2,1-2H3,(H2,33,36)/t24?,31-,32-. The lowest BCUT2D eigenvalue weighted by atomic mass is 9.60. The van der Waals surface area contributed by atoms with Crippen LogP contribution in [0.25, 0.3) is 0 Å². The molecule has 2 aromatic rings. The van der Waals surface area contributed by atoms with Gasteiger partial charge in [0.1, 0.15) is 0 Å². The molecule has 1 saturated heterocycles. The molecule has 0 radical (unpaired) electrons. The van der Waals surface area contributed by atoms with Crippen molar-refractivity contribution in [2.45, 2.75) is 89.1 Å². The number of amides is 3. The maximum Gasteiger partial charge on any atom is 0.320 e. The molecule has 198 valence electrons. The molecule has 1 spiro atoms. The number of nitrogens with zero attached hydrogens (tertiary/aromatic N) is 2. The maximum atomic E-state index is 13.9. The average Bonchev–Trinajstić information content (AvgIpc) is 3.13. The number of nitrogens with two attached hydrogens (primary N) is 1. The third-order valence-electron chi connectivity index (χ3n) is 9.77. The van der Waals surface area contributed by atoms with Crippen molar-refractivity contribution >= 4 is 11.9 Å². The highest BCUT2D eigenvalue weighted by Crippen LogP contribution is 2.51. The van der Waals surface area contributed by atoms with Gasteiger partial charge in [0.2, 0.25) is 5.91 Å². The Labute approximate surface area is 222 Å². The van der Waals surface area contributed by atoms with Crippen molar-refractivity contribution in [3.8, 4) is 0 Å². The number of benzene rings is 2. The maximum absolute atomic E-state index is 13.9. The Kier molecular flexibility index (Phi) is 7.33. The van der Waals surface area contributed by atoms with Gasteiger partial charge in [-0.15, -0.1) is 0 Å². The fourth-order valence-corrected chi connectivity index (χ4v) is 7.09. The van der Waals surface area contributed by atoms with Crippen LogP contribution in [0.5, 0.6) is 0 Å². The van der Waals surface area contributed by atoms with Crippen LogP contribution in [0.3, 0.4) is 0 Å². The molecule has 2 aromatic carbocycles. The summed E-state index contributed by atoms with van der Waals surface area (Å²) in [5, 5.41) is 0. The SMILES string of the molecule is CCC(C)C[C@]1(c2ccccc2)CC[C@]2(CC1)CN(Cc1cccc(C(N)=O)c1)C(=O)N2CC1CCC1. The van der Waals surface area contributed by atoms with E-state index in [-0.39, 0.29) is 17.0 Å². The van der Waals surface area contributed by atoms with Gasteiger partial charge in [0.15, 0.2) is 0 Å². The highest BCUT2D eigenvalue weighted by molar-refractivity contribution is 5.92. The third kappa shape index (κ3) is 5.15. The topological polar surface area (TPSA) is 66.6 Å². The van der Waals surface area contributed by atoms with Gasteiger partial charge in [-0.05, 0) is 85.5 Å². The number of primary amides is 1. The van der Waals surface area contributed by atoms with Gasteiger partial charge in [-0.3, -0.25) is 4.79 Å². The van der Waals surface area contributed by atoms with Crippen molar-refractivity contribution in [1.29, 1.82) is 0 Å². The Bertz CT molecular complexity index is 1100. The summed E-state index contributed by atoms with van der Waals surface area (Å²) in [6.45, 7) is 6.88. The molecule has 3 amide bonds. The quantitative estimate of drug-likeness (QED) is 0.426. The first kappa shape index (κ1) is 25.8. The molecule has 2 aliphatic carbocycles. The van der Waals surface area contributed by atoms with Crippen LogP contribution in [0, 0.1) is 11.8 Å². The highest BCUT2D eigenvalue weighted by atomic mass is 16.2. The number of carbonyl (C=O) groups is 2. The lowest BCUT2D eigenvalue weighted by molar-refractivity contribution is 0.0589. The van der Waals surface area contributed by atoms with Crippen molar-refractivity contribution in [2.24, 2.45) is 17.6 Å². The Hall–Kier alpha value is -2.82. The van der Waals surface area contributed by atoms with Gasteiger partial charge in [0.05, 0.1) is 5.54 Å². The van der Waals surface area contributed by atoms with Crippen LogP contribution < -0.4 is 5.73 Å². The first-order valence-electron chi connectivity index (χ1n) is 14.3. The van der Waals surface area contributed by atoms with Crippen molar-refractivity contribution in [1.82, 2.24) is 9.80 Å². The van der Waals surface area contributed by atoms with Gasteiger partial charge in [-0.1, -0.05) is 69.2 Å². The van der Waals surface area contributed by atoms with E-state index in [1.54, 1.807) is 6.07 Å². The molecule has 3 aliphatic rings. The average molecular weight is 502 g/mol. The second-order valence-corrected chi connectivity index (χ2v) is 12.2. The minimum Gasteiger partial charge on any atom is -0.366 e. The molecular formula is C32H43N3O2. The van der Waals surface area contributed by atoms with Gasteiger partial charge in [-0.2, -0.15) is 0 Å². The summed E-state index contributed by atoms with van der Waals surface area (Å²) in [4.78, 5) is 29.9. The van der Waals surface area contributed by atoms with Gasteiger partial charge >= 0.3 is 6.03 Å². The molecule has 1 atom stereocenters. The first-order valence-corrected chi connectivity index (χ1v) is 14.3. The monoisotopic (exact) mass is 501 g/mol. The van der Waals surface area contributed by atoms with E-state index in [0.717, 1.165) is 44.3 Å². The van der Waals surface area contributed by atoms with E-state index in [4.69, 9.17) is 5.73 Å². The predicted octanol–water partition coefficient (Wildman–Crippen LogP) is 6.51. The minimum absolute atomic E-state index is 0.0955. The molecule has 2 N–H and O–H groups in total. The third-order valence-corrected chi connectivity index (χ3v) is 9.77. The predicted molar refractivity (Wildman–Crippen MR) is 148 cm³/mol. The van der Waals surface area contributed by atoms with E-state index >= 15 is 0 Å². The summed E-state index contributed by atoms with van der Waals surface area (Å²) in [5.74, 6) is 0.892. The molecule has 37 heavy (non-hydrogen) atoms. The molecule has 0 bridgehead atoms. The summed E-state index contributed by atoms with van der Waals surface area (Å²) < 4.78 is 0. The lowest BCUT2D eigenvalue weighted by Gasteiger charge is -2.50. The number of urea groups is 1. The van der Waals surface area contributed by atoms with Gasteiger partial charge in [0, 0.05) is 25.2 Å². The fourth-order valence-electron chi connectivity index (χ4n) is 7.09. The zero-order valence-electron chi connectivity index (χ0n) is 22.6. The van der Waals surface area contributed by atoms with E-state index in [0.29, 0.717) is 23.9 Å². The molecule has 1 unspecified atom stereocenters. The molecule has 0 aromatic heterocycles. The van der Waals surface area contributed by atoms with Gasteiger partial charge < -0.3 is 15.5 Å². The van der Waals surface area contributed by atoms with Crippen LogP contribution in [-0.2, 0) is 12.0 Å². The Balaban J connectivity index is 1.40. The summed E-state index contributed by atoms with van der Waals surface area (Å²) in [5.41, 5.74) is 8.56. The van der Waals surface area contributed by atoms with Crippen molar-refractivity contribution in [2.75, 3.05) is 13.1 Å². The van der Waals surface area contributed by atoms with Crippen LogP contribution in [0.15, 0.2) is 54.6 Å². The normalized spacial score (nSPS) is 26.9. The smallest absolute Gasteiger partial charge is 0.320 e. The van der Waals surface area contributed by atoms with E-state index in [9.17, 15) is 9.59 Å². The highest BCUT2D eigenvalue weighted by Gasteiger charge is 2.54. The molecule has 3 fully saturated rings. The van der Waals surface area contributed by atoms with E-state index in [2.05, 4.69) is 49.1 Å². The van der Waals surface area contributed by atoms with Crippen LogP contribution in [0.1, 0.15) is 93.1 Å². The largest absolute Gasteiger partial charge is 0.366 e. The first-order chi connectivity index (χ1) is 17.8. The molecule has 1 heterocycles. The summed E-state index contributed by atoms with van der Waals surface area (Å²) in [7, 11) is 0. The van der Waals surface area contributed by atoms with Crippen LogP contribution in [-0.4, -0.2) is 40.4 Å². The molecule has 5 nitrogen and oxygen atoms in total. The fraction of sp³-hybridized carbons (Fsp3) is 0.562. The van der Waals surface area contributed by atoms with Gasteiger partial charge in [0.25, 0.3) is 0 Å². The van der Waals surface area contributed by atoms with E-state index in [1.807, 2.05) is 23.1 Å². The van der Waals surface area contributed by atoms with Crippen LogP contribution in [0.4, 0.5) is 4.79 Å².